The molecular weight excluding hydrogens is 270 g/mol. The predicted molar refractivity (Wildman–Crippen MR) is 74.6 cm³/mol. The van der Waals surface area contributed by atoms with E-state index in [2.05, 4.69) is 42.4 Å². The first kappa shape index (κ1) is 13.4. The van der Waals surface area contributed by atoms with Gasteiger partial charge in [0.2, 0.25) is 5.89 Å². The monoisotopic (exact) mass is 285 g/mol. The summed E-state index contributed by atoms with van der Waals surface area (Å²) in [5.41, 5.74) is 1.27. The number of thiophene rings is 1. The predicted octanol–water partition coefficient (Wildman–Crippen LogP) is 3.70. The minimum absolute atomic E-state index is 0.152. The van der Waals surface area contributed by atoms with Crippen LogP contribution in [0.2, 0.25) is 0 Å². The van der Waals surface area contributed by atoms with Gasteiger partial charge in [-0.1, -0.05) is 5.10 Å². The number of hydrogen-bond acceptors (Lipinski definition) is 5. The molecule has 0 saturated heterocycles. The van der Waals surface area contributed by atoms with Crippen LogP contribution in [0.25, 0.3) is 0 Å². The summed E-state index contributed by atoms with van der Waals surface area (Å²) in [5.74, 6) is 1.05. The lowest BCUT2D eigenvalue weighted by molar-refractivity contribution is 0.508. The standard InChI is InChI=1S/C12H16ClN3OS/c1-7-6-10(9(3)18-7)8(2)14-12-16-15-11(17-12)4-5-13/h6,8H,4-5H2,1-3H3,(H,14,16). The van der Waals surface area contributed by atoms with Crippen molar-refractivity contribution in [1.82, 2.24) is 10.2 Å². The van der Waals surface area contributed by atoms with Crippen molar-refractivity contribution < 1.29 is 4.42 Å². The van der Waals surface area contributed by atoms with Gasteiger partial charge in [-0.15, -0.1) is 28.0 Å². The third-order valence-electron chi connectivity index (χ3n) is 2.66. The van der Waals surface area contributed by atoms with Gasteiger partial charge in [-0.25, -0.2) is 0 Å². The highest BCUT2D eigenvalue weighted by molar-refractivity contribution is 7.12. The first-order valence-electron chi connectivity index (χ1n) is 5.82. The fraction of sp³-hybridized carbons (Fsp3) is 0.500. The van der Waals surface area contributed by atoms with E-state index in [9.17, 15) is 0 Å². The summed E-state index contributed by atoms with van der Waals surface area (Å²) >= 11 is 7.42. The number of aromatic nitrogens is 2. The number of hydrogen-bond donors (Lipinski definition) is 1. The summed E-state index contributed by atoms with van der Waals surface area (Å²) in [6.07, 6.45) is 0.598. The van der Waals surface area contributed by atoms with Crippen molar-refractivity contribution in [3.05, 3.63) is 27.3 Å². The van der Waals surface area contributed by atoms with Crippen LogP contribution in [0.3, 0.4) is 0 Å². The molecule has 0 aromatic carbocycles. The van der Waals surface area contributed by atoms with Gasteiger partial charge in [0.25, 0.3) is 0 Å². The highest BCUT2D eigenvalue weighted by Gasteiger charge is 2.14. The van der Waals surface area contributed by atoms with Gasteiger partial charge in [-0.3, -0.25) is 0 Å². The van der Waals surface area contributed by atoms with Gasteiger partial charge in [0.15, 0.2) is 0 Å². The van der Waals surface area contributed by atoms with E-state index in [1.54, 1.807) is 11.3 Å². The number of nitrogens with zero attached hydrogens (tertiary/aromatic N) is 2. The molecule has 18 heavy (non-hydrogen) atoms. The van der Waals surface area contributed by atoms with E-state index in [0.29, 0.717) is 24.2 Å². The normalized spacial score (nSPS) is 12.7. The van der Waals surface area contributed by atoms with E-state index in [1.165, 1.54) is 15.3 Å². The van der Waals surface area contributed by atoms with Gasteiger partial charge < -0.3 is 9.73 Å². The fourth-order valence-electron chi connectivity index (χ4n) is 1.84. The van der Waals surface area contributed by atoms with Gasteiger partial charge in [0.1, 0.15) is 0 Å². The summed E-state index contributed by atoms with van der Waals surface area (Å²) in [7, 11) is 0. The number of nitrogens with one attached hydrogen (secondary N) is 1. The molecule has 1 N–H and O–H groups in total. The maximum Gasteiger partial charge on any atom is 0.315 e. The quantitative estimate of drug-likeness (QED) is 0.851. The number of rotatable bonds is 5. The Labute approximate surface area is 115 Å². The van der Waals surface area contributed by atoms with Crippen LogP contribution in [0, 0.1) is 13.8 Å². The summed E-state index contributed by atoms with van der Waals surface area (Å²) in [6, 6.07) is 2.79. The van der Waals surface area contributed by atoms with Crippen molar-refractivity contribution in [3.8, 4) is 0 Å². The molecule has 0 spiro atoms. The van der Waals surface area contributed by atoms with E-state index < -0.39 is 0 Å². The molecule has 0 amide bonds. The highest BCUT2D eigenvalue weighted by atomic mass is 35.5. The van der Waals surface area contributed by atoms with Crippen LogP contribution in [-0.2, 0) is 6.42 Å². The zero-order chi connectivity index (χ0) is 13.1. The fourth-order valence-corrected chi connectivity index (χ4v) is 3.02. The van der Waals surface area contributed by atoms with Crippen LogP contribution in [0.4, 0.5) is 6.01 Å². The second-order valence-electron chi connectivity index (χ2n) is 4.17. The van der Waals surface area contributed by atoms with Crippen LogP contribution in [0.1, 0.15) is 34.2 Å². The molecule has 0 aliphatic rings. The van der Waals surface area contributed by atoms with E-state index >= 15 is 0 Å². The molecule has 6 heteroatoms. The Balaban J connectivity index is 2.06. The largest absolute Gasteiger partial charge is 0.408 e. The molecule has 2 rings (SSSR count). The smallest absolute Gasteiger partial charge is 0.315 e. The molecule has 4 nitrogen and oxygen atoms in total. The Hall–Kier alpha value is -1.07. The zero-order valence-corrected chi connectivity index (χ0v) is 12.2. The number of halogens is 1. The number of anilines is 1. The maximum absolute atomic E-state index is 5.62. The van der Waals surface area contributed by atoms with Crippen LogP contribution >= 0.6 is 22.9 Å². The zero-order valence-electron chi connectivity index (χ0n) is 10.7. The average molecular weight is 286 g/mol. The van der Waals surface area contributed by atoms with Gasteiger partial charge in [-0.05, 0) is 32.4 Å². The van der Waals surface area contributed by atoms with Crippen LogP contribution in [-0.4, -0.2) is 16.1 Å². The van der Waals surface area contributed by atoms with Crippen molar-refractivity contribution in [2.75, 3.05) is 11.2 Å². The summed E-state index contributed by atoms with van der Waals surface area (Å²) < 4.78 is 5.45. The Kier molecular flexibility index (Phi) is 4.24. The molecule has 0 aliphatic heterocycles. The number of aryl methyl sites for hydroxylation is 3. The van der Waals surface area contributed by atoms with Gasteiger partial charge >= 0.3 is 6.01 Å². The van der Waals surface area contributed by atoms with E-state index in [1.807, 2.05) is 0 Å². The van der Waals surface area contributed by atoms with E-state index in [-0.39, 0.29) is 6.04 Å². The van der Waals surface area contributed by atoms with E-state index in [0.717, 1.165) is 0 Å². The Morgan fingerprint density at radius 1 is 1.44 bits per heavy atom. The molecule has 0 fully saturated rings. The number of alkyl halides is 1. The highest BCUT2D eigenvalue weighted by Crippen LogP contribution is 2.28. The molecule has 0 saturated carbocycles. The van der Waals surface area contributed by atoms with E-state index in [4.69, 9.17) is 16.0 Å². The lowest BCUT2D eigenvalue weighted by Gasteiger charge is -2.11. The molecule has 1 unspecified atom stereocenters. The first-order valence-corrected chi connectivity index (χ1v) is 7.17. The molecule has 98 valence electrons. The van der Waals surface area contributed by atoms with Crippen molar-refractivity contribution in [2.45, 2.75) is 33.2 Å². The molecule has 0 radical (unpaired) electrons. The van der Waals surface area contributed by atoms with Gasteiger partial charge in [-0.2, -0.15) is 0 Å². The molecule has 2 heterocycles. The van der Waals surface area contributed by atoms with Crippen LogP contribution < -0.4 is 5.32 Å². The minimum atomic E-state index is 0.152. The molecule has 1 atom stereocenters. The van der Waals surface area contributed by atoms with Gasteiger partial charge in [0.05, 0.1) is 6.04 Å². The average Bonchev–Trinajstić information content (AvgIpc) is 2.86. The molecule has 0 aliphatic carbocycles. The van der Waals surface area contributed by atoms with Crippen molar-refractivity contribution in [3.63, 3.8) is 0 Å². The second-order valence-corrected chi connectivity index (χ2v) is 6.01. The molecule has 0 bridgehead atoms. The summed E-state index contributed by atoms with van der Waals surface area (Å²) in [4.78, 5) is 2.62. The van der Waals surface area contributed by atoms with Crippen LogP contribution in [0.5, 0.6) is 0 Å². The van der Waals surface area contributed by atoms with Crippen LogP contribution in [0.15, 0.2) is 10.5 Å². The Morgan fingerprint density at radius 2 is 2.22 bits per heavy atom. The lowest BCUT2D eigenvalue weighted by Crippen LogP contribution is -2.06. The summed E-state index contributed by atoms with van der Waals surface area (Å²) in [6.45, 7) is 6.32. The van der Waals surface area contributed by atoms with Crippen molar-refractivity contribution >= 4 is 29.0 Å². The maximum atomic E-state index is 5.62. The first-order chi connectivity index (χ1) is 8.60. The topological polar surface area (TPSA) is 51.0 Å². The lowest BCUT2D eigenvalue weighted by atomic mass is 10.1. The van der Waals surface area contributed by atoms with Gasteiger partial charge in [0, 0.05) is 22.1 Å². The third kappa shape index (κ3) is 3.03. The summed E-state index contributed by atoms with van der Waals surface area (Å²) in [5, 5.41) is 11.1. The Bertz CT molecular complexity index is 523. The third-order valence-corrected chi connectivity index (χ3v) is 3.83. The van der Waals surface area contributed by atoms with Crippen molar-refractivity contribution in [2.24, 2.45) is 0 Å². The Morgan fingerprint density at radius 3 is 2.83 bits per heavy atom. The molecule has 2 aromatic rings. The SMILES string of the molecule is Cc1cc(C(C)Nc2nnc(CCCl)o2)c(C)s1. The second kappa shape index (κ2) is 5.71. The van der Waals surface area contributed by atoms with Crippen molar-refractivity contribution in [1.29, 1.82) is 0 Å². The molecular formula is C12H16ClN3OS. The molecule has 2 aromatic heterocycles. The minimum Gasteiger partial charge on any atom is -0.408 e.